The van der Waals surface area contributed by atoms with Gasteiger partial charge in [0.25, 0.3) is 0 Å². The molecule has 14 heavy (non-hydrogen) atoms. The first-order valence-corrected chi connectivity index (χ1v) is 3.74. The van der Waals surface area contributed by atoms with Gasteiger partial charge in [-0.15, -0.1) is 0 Å². The van der Waals surface area contributed by atoms with E-state index in [0.717, 1.165) is 0 Å². The van der Waals surface area contributed by atoms with Crippen LogP contribution in [0, 0.1) is 11.8 Å². The summed E-state index contributed by atoms with van der Waals surface area (Å²) in [5.74, 6) is -1.94. The molecule has 0 heterocycles. The third-order valence-corrected chi connectivity index (χ3v) is 0.988. The number of hydrogen-bond acceptors (Lipinski definition) is 2. The molecule has 4 heteroatoms. The molecule has 0 aromatic rings. The Hall–Kier alpha value is -1.06. The molecule has 2 N–H and O–H groups in total. The minimum absolute atomic E-state index is 0. The monoisotopic (exact) mass is 208 g/mol. The fraction of sp³-hybridized carbons (Fsp3) is 0.800. The predicted octanol–water partition coefficient (Wildman–Crippen LogP) is 2.73. The number of rotatable bonds is 2. The molecule has 0 atom stereocenters. The van der Waals surface area contributed by atoms with E-state index in [0.29, 0.717) is 0 Å². The van der Waals surface area contributed by atoms with Crippen molar-refractivity contribution in [3.63, 3.8) is 0 Å². The number of hydrogen-bond donors (Lipinski definition) is 2. The molecule has 0 aromatic heterocycles. The Morgan fingerprint density at radius 2 is 0.857 bits per heavy atom. The lowest BCUT2D eigenvalue weighted by molar-refractivity contribution is -0.141. The van der Waals surface area contributed by atoms with E-state index >= 15 is 0 Å². The number of carboxylic acids is 2. The normalized spacial score (nSPS) is 7.86. The Kier molecular flexibility index (Phi) is 19.7. The lowest BCUT2D eigenvalue weighted by Crippen LogP contribution is -2.03. The number of aliphatic carboxylic acids is 2. The quantitative estimate of drug-likeness (QED) is 0.731. The molecule has 0 amide bonds. The van der Waals surface area contributed by atoms with E-state index in [1.54, 1.807) is 27.7 Å². The van der Waals surface area contributed by atoms with Gasteiger partial charge >= 0.3 is 11.9 Å². The van der Waals surface area contributed by atoms with Crippen molar-refractivity contribution in [2.24, 2.45) is 11.8 Å². The van der Waals surface area contributed by atoms with Crippen molar-refractivity contribution < 1.29 is 19.8 Å². The van der Waals surface area contributed by atoms with Gasteiger partial charge in [-0.05, 0) is 0 Å². The van der Waals surface area contributed by atoms with E-state index in [9.17, 15) is 9.59 Å². The first-order valence-electron chi connectivity index (χ1n) is 3.74. The standard InChI is InChI=1S/2C4H8O2.2CH4/c2*1-3(2)4(5)6;;/h2*3H,1-2H3,(H,5,6);2*1H4. The van der Waals surface area contributed by atoms with Crippen LogP contribution < -0.4 is 0 Å². The van der Waals surface area contributed by atoms with Crippen molar-refractivity contribution in [1.82, 2.24) is 0 Å². The first-order chi connectivity index (χ1) is 5.29. The molecule has 0 fully saturated rings. The second-order valence-electron chi connectivity index (χ2n) is 2.99. The SMILES string of the molecule is C.C.CC(C)C(=O)O.CC(C)C(=O)O. The Bertz CT molecular complexity index is 132. The molecule has 0 unspecified atom stereocenters. The van der Waals surface area contributed by atoms with E-state index < -0.39 is 11.9 Å². The summed E-state index contributed by atoms with van der Waals surface area (Å²) in [5, 5.41) is 16.0. The van der Waals surface area contributed by atoms with Crippen LogP contribution in [0.25, 0.3) is 0 Å². The van der Waals surface area contributed by atoms with Gasteiger partial charge in [-0.2, -0.15) is 0 Å². The highest BCUT2D eigenvalue weighted by Gasteiger charge is 1.99. The highest BCUT2D eigenvalue weighted by atomic mass is 16.4. The van der Waals surface area contributed by atoms with Gasteiger partial charge in [-0.3, -0.25) is 9.59 Å². The minimum Gasteiger partial charge on any atom is -0.481 e. The maximum absolute atomic E-state index is 9.70. The predicted molar refractivity (Wildman–Crippen MR) is 58.4 cm³/mol. The van der Waals surface area contributed by atoms with E-state index in [1.165, 1.54) is 0 Å². The third-order valence-electron chi connectivity index (χ3n) is 0.988. The Morgan fingerprint density at radius 1 is 0.786 bits per heavy atom. The van der Waals surface area contributed by atoms with Crippen molar-refractivity contribution in [1.29, 1.82) is 0 Å². The van der Waals surface area contributed by atoms with Gasteiger partial charge in [-0.25, -0.2) is 0 Å². The smallest absolute Gasteiger partial charge is 0.305 e. The maximum atomic E-state index is 9.70. The van der Waals surface area contributed by atoms with Gasteiger partial charge in [0.2, 0.25) is 0 Å². The number of carbonyl (C=O) groups is 2. The van der Waals surface area contributed by atoms with Crippen LogP contribution in [0.5, 0.6) is 0 Å². The van der Waals surface area contributed by atoms with Gasteiger partial charge in [0.15, 0.2) is 0 Å². The molecular weight excluding hydrogens is 184 g/mol. The van der Waals surface area contributed by atoms with Crippen LogP contribution in [0.4, 0.5) is 0 Å². The fourth-order valence-corrected chi connectivity index (χ4v) is 0. The highest BCUT2D eigenvalue weighted by Crippen LogP contribution is 1.87. The van der Waals surface area contributed by atoms with E-state index in [2.05, 4.69) is 0 Å². The van der Waals surface area contributed by atoms with Crippen LogP contribution in [-0.2, 0) is 9.59 Å². The summed E-state index contributed by atoms with van der Waals surface area (Å²) in [5.41, 5.74) is 0. The van der Waals surface area contributed by atoms with Crippen LogP contribution in [0.15, 0.2) is 0 Å². The van der Waals surface area contributed by atoms with Crippen LogP contribution in [0.1, 0.15) is 42.5 Å². The van der Waals surface area contributed by atoms with E-state index in [-0.39, 0.29) is 26.7 Å². The molecule has 0 aromatic carbocycles. The summed E-state index contributed by atoms with van der Waals surface area (Å²) in [4.78, 5) is 19.4. The van der Waals surface area contributed by atoms with Gasteiger partial charge in [0, 0.05) is 0 Å². The average molecular weight is 208 g/mol. The number of carboxylic acid groups (broad SMARTS) is 2. The lowest BCUT2D eigenvalue weighted by atomic mass is 10.2. The summed E-state index contributed by atoms with van der Waals surface area (Å²) in [7, 11) is 0. The van der Waals surface area contributed by atoms with Crippen molar-refractivity contribution in [2.45, 2.75) is 42.5 Å². The Balaban J connectivity index is -0.0000000625. The van der Waals surface area contributed by atoms with Crippen molar-refractivity contribution >= 4 is 11.9 Å². The van der Waals surface area contributed by atoms with Gasteiger partial charge in [0.1, 0.15) is 0 Å². The molecule has 88 valence electrons. The zero-order chi connectivity index (χ0) is 10.3. The molecule has 0 aliphatic carbocycles. The zero-order valence-electron chi connectivity index (χ0n) is 7.87. The van der Waals surface area contributed by atoms with Crippen LogP contribution >= 0.6 is 0 Å². The molecule has 4 nitrogen and oxygen atoms in total. The van der Waals surface area contributed by atoms with Gasteiger partial charge in [0.05, 0.1) is 11.8 Å². The molecule has 0 rings (SSSR count). The second kappa shape index (κ2) is 11.9. The van der Waals surface area contributed by atoms with Crippen LogP contribution in [-0.4, -0.2) is 22.2 Å². The van der Waals surface area contributed by atoms with Crippen LogP contribution in [0.3, 0.4) is 0 Å². The average Bonchev–Trinajstić information content (AvgIpc) is 1.88. The molecule has 0 bridgehead atoms. The lowest BCUT2D eigenvalue weighted by Gasteiger charge is -1.89. The topological polar surface area (TPSA) is 74.6 Å². The molecular formula is C10H24O4. The highest BCUT2D eigenvalue weighted by molar-refractivity contribution is 5.69. The Morgan fingerprint density at radius 3 is 0.857 bits per heavy atom. The molecule has 0 aliphatic heterocycles. The minimum atomic E-state index is -0.741. The molecule has 0 saturated carbocycles. The molecule has 0 aliphatic rings. The molecule has 0 spiro atoms. The van der Waals surface area contributed by atoms with Crippen molar-refractivity contribution in [3.05, 3.63) is 0 Å². The summed E-state index contributed by atoms with van der Waals surface area (Å²) in [6.07, 6.45) is 0. The maximum Gasteiger partial charge on any atom is 0.305 e. The van der Waals surface area contributed by atoms with E-state index in [1.807, 2.05) is 0 Å². The van der Waals surface area contributed by atoms with Crippen molar-refractivity contribution in [3.8, 4) is 0 Å². The fourth-order valence-electron chi connectivity index (χ4n) is 0. The summed E-state index contributed by atoms with van der Waals surface area (Å²) >= 11 is 0. The Labute approximate surface area is 87.0 Å². The summed E-state index contributed by atoms with van der Waals surface area (Å²) < 4.78 is 0. The molecule has 0 saturated heterocycles. The zero-order valence-corrected chi connectivity index (χ0v) is 7.87. The van der Waals surface area contributed by atoms with E-state index in [4.69, 9.17) is 10.2 Å². The largest absolute Gasteiger partial charge is 0.481 e. The van der Waals surface area contributed by atoms with Crippen molar-refractivity contribution in [2.75, 3.05) is 0 Å². The summed E-state index contributed by atoms with van der Waals surface area (Å²) in [6.45, 7) is 6.56. The first kappa shape index (κ1) is 23.1. The third kappa shape index (κ3) is 22.4. The van der Waals surface area contributed by atoms with Gasteiger partial charge in [-0.1, -0.05) is 42.5 Å². The second-order valence-corrected chi connectivity index (χ2v) is 2.99. The van der Waals surface area contributed by atoms with Crippen LogP contribution in [0.2, 0.25) is 0 Å². The van der Waals surface area contributed by atoms with Gasteiger partial charge < -0.3 is 10.2 Å². The molecule has 0 radical (unpaired) electrons. The summed E-state index contributed by atoms with van der Waals surface area (Å²) in [6, 6.07) is 0.